The van der Waals surface area contributed by atoms with Crippen LogP contribution in [0.15, 0.2) is 22.7 Å². The van der Waals surface area contributed by atoms with Crippen LogP contribution in [0.4, 0.5) is 5.69 Å². The minimum Gasteiger partial charge on any atom is -0.398 e. The summed E-state index contributed by atoms with van der Waals surface area (Å²) in [5, 5.41) is 3.33. The van der Waals surface area contributed by atoms with Crippen molar-refractivity contribution in [3.8, 4) is 0 Å². The first-order valence-electron chi connectivity index (χ1n) is 5.79. The van der Waals surface area contributed by atoms with Crippen molar-refractivity contribution < 1.29 is 8.42 Å². The number of hydrogen-bond acceptors (Lipinski definition) is 4. The summed E-state index contributed by atoms with van der Waals surface area (Å²) in [6.07, 6.45) is 0.668. The molecule has 100 valence electrons. The Morgan fingerprint density at radius 1 is 1.50 bits per heavy atom. The van der Waals surface area contributed by atoms with Gasteiger partial charge in [0.15, 0.2) is 9.84 Å². The number of benzene rings is 1. The number of anilines is 1. The lowest BCUT2D eigenvalue weighted by molar-refractivity contribution is 0.395. The van der Waals surface area contributed by atoms with Crippen molar-refractivity contribution >= 4 is 31.5 Å². The molecule has 0 spiro atoms. The van der Waals surface area contributed by atoms with E-state index in [1.54, 1.807) is 0 Å². The third-order valence-corrected chi connectivity index (χ3v) is 5.91. The Bertz CT molecular complexity index is 559. The first kappa shape index (κ1) is 13.8. The van der Waals surface area contributed by atoms with E-state index in [0.717, 1.165) is 10.0 Å². The third kappa shape index (κ3) is 3.24. The number of nitrogens with one attached hydrogen (secondary N) is 1. The van der Waals surface area contributed by atoms with Crippen LogP contribution in [0.2, 0.25) is 0 Å². The van der Waals surface area contributed by atoms with Gasteiger partial charge in [0.2, 0.25) is 0 Å². The molecule has 3 N–H and O–H groups in total. The molecule has 6 heteroatoms. The van der Waals surface area contributed by atoms with Gasteiger partial charge in [0.05, 0.1) is 11.5 Å². The van der Waals surface area contributed by atoms with E-state index in [2.05, 4.69) is 21.2 Å². The fourth-order valence-corrected chi connectivity index (χ4v) is 4.54. The fraction of sp³-hybridized carbons (Fsp3) is 0.500. The lowest BCUT2D eigenvalue weighted by Crippen LogP contribution is -2.42. The Morgan fingerprint density at radius 2 is 2.22 bits per heavy atom. The predicted octanol–water partition coefficient (Wildman–Crippen LogP) is 1.70. The van der Waals surface area contributed by atoms with Crippen LogP contribution in [0.5, 0.6) is 0 Å². The van der Waals surface area contributed by atoms with Gasteiger partial charge in [0.25, 0.3) is 0 Å². The summed E-state index contributed by atoms with van der Waals surface area (Å²) in [5.74, 6) is 0.491. The molecule has 0 saturated carbocycles. The molecule has 0 bridgehead atoms. The molecular formula is C12H17BrN2O2S. The van der Waals surface area contributed by atoms with Gasteiger partial charge in [-0.25, -0.2) is 8.42 Å². The van der Waals surface area contributed by atoms with Crippen LogP contribution >= 0.6 is 15.9 Å². The van der Waals surface area contributed by atoms with Crippen molar-refractivity contribution in [2.75, 3.05) is 17.2 Å². The standard InChI is InChI=1S/C12H17BrN2O2S/c1-12(4-5-18(16,17)8-12)15-7-9-2-3-10(13)11(14)6-9/h2-3,6,15H,4-5,7-8,14H2,1H3. The normalized spacial score (nSPS) is 26.3. The van der Waals surface area contributed by atoms with Crippen molar-refractivity contribution in [1.29, 1.82) is 0 Å². The number of nitrogens with two attached hydrogens (primary N) is 1. The second kappa shape index (κ2) is 4.83. The van der Waals surface area contributed by atoms with Gasteiger partial charge in [-0.1, -0.05) is 6.07 Å². The molecule has 0 radical (unpaired) electrons. The van der Waals surface area contributed by atoms with E-state index in [0.29, 0.717) is 18.7 Å². The van der Waals surface area contributed by atoms with Gasteiger partial charge in [0, 0.05) is 22.2 Å². The molecule has 0 amide bonds. The molecule has 1 aliphatic heterocycles. The van der Waals surface area contributed by atoms with Gasteiger partial charge in [-0.15, -0.1) is 0 Å². The topological polar surface area (TPSA) is 72.2 Å². The Balaban J connectivity index is 2.02. The largest absolute Gasteiger partial charge is 0.398 e. The molecule has 1 atom stereocenters. The van der Waals surface area contributed by atoms with Gasteiger partial charge in [-0.3, -0.25) is 0 Å². The lowest BCUT2D eigenvalue weighted by Gasteiger charge is -2.24. The maximum absolute atomic E-state index is 11.5. The van der Waals surface area contributed by atoms with Crippen molar-refractivity contribution in [3.05, 3.63) is 28.2 Å². The van der Waals surface area contributed by atoms with Crippen LogP contribution in [0.3, 0.4) is 0 Å². The van der Waals surface area contributed by atoms with E-state index in [-0.39, 0.29) is 17.0 Å². The molecule has 0 aliphatic carbocycles. The van der Waals surface area contributed by atoms with Crippen molar-refractivity contribution in [3.63, 3.8) is 0 Å². The van der Waals surface area contributed by atoms with Gasteiger partial charge in [-0.05, 0) is 47.0 Å². The molecule has 1 aromatic carbocycles. The first-order valence-corrected chi connectivity index (χ1v) is 8.40. The van der Waals surface area contributed by atoms with Crippen LogP contribution in [0.1, 0.15) is 18.9 Å². The third-order valence-electron chi connectivity index (χ3n) is 3.28. The SMILES string of the molecule is CC1(NCc2ccc(Br)c(N)c2)CCS(=O)(=O)C1. The molecule has 2 rings (SSSR count). The number of rotatable bonds is 3. The van der Waals surface area contributed by atoms with Gasteiger partial charge in [-0.2, -0.15) is 0 Å². The van der Waals surface area contributed by atoms with Gasteiger partial charge in [0.1, 0.15) is 0 Å². The smallest absolute Gasteiger partial charge is 0.152 e. The van der Waals surface area contributed by atoms with Crippen molar-refractivity contribution in [1.82, 2.24) is 5.32 Å². The molecular weight excluding hydrogens is 316 g/mol. The second-order valence-corrected chi connectivity index (χ2v) is 8.15. The monoisotopic (exact) mass is 332 g/mol. The maximum Gasteiger partial charge on any atom is 0.152 e. The molecule has 1 saturated heterocycles. The summed E-state index contributed by atoms with van der Waals surface area (Å²) in [6, 6.07) is 5.77. The highest BCUT2D eigenvalue weighted by molar-refractivity contribution is 9.10. The average molecular weight is 333 g/mol. The Hall–Kier alpha value is -0.590. The molecule has 1 fully saturated rings. The highest BCUT2D eigenvalue weighted by Gasteiger charge is 2.37. The van der Waals surface area contributed by atoms with E-state index in [9.17, 15) is 8.42 Å². The summed E-state index contributed by atoms with van der Waals surface area (Å²) in [6.45, 7) is 2.59. The van der Waals surface area contributed by atoms with Crippen LogP contribution in [0.25, 0.3) is 0 Å². The summed E-state index contributed by atoms with van der Waals surface area (Å²) >= 11 is 3.35. The zero-order chi connectivity index (χ0) is 13.4. The highest BCUT2D eigenvalue weighted by Crippen LogP contribution is 2.24. The predicted molar refractivity (Wildman–Crippen MR) is 77.1 cm³/mol. The highest BCUT2D eigenvalue weighted by atomic mass is 79.9. The zero-order valence-corrected chi connectivity index (χ0v) is 12.6. The fourth-order valence-electron chi connectivity index (χ4n) is 2.17. The number of hydrogen-bond donors (Lipinski definition) is 2. The Kier molecular flexibility index (Phi) is 3.71. The van der Waals surface area contributed by atoms with Gasteiger partial charge >= 0.3 is 0 Å². The van der Waals surface area contributed by atoms with Crippen LogP contribution < -0.4 is 11.1 Å². The molecule has 0 aromatic heterocycles. The summed E-state index contributed by atoms with van der Waals surface area (Å²) in [5.41, 5.74) is 7.24. The minimum atomic E-state index is -2.87. The summed E-state index contributed by atoms with van der Waals surface area (Å²) < 4.78 is 23.9. The number of nitrogen functional groups attached to an aromatic ring is 1. The molecule has 18 heavy (non-hydrogen) atoms. The van der Waals surface area contributed by atoms with Crippen molar-refractivity contribution in [2.45, 2.75) is 25.4 Å². The molecule has 1 heterocycles. The van der Waals surface area contributed by atoms with Crippen LogP contribution in [-0.4, -0.2) is 25.5 Å². The number of halogens is 1. The van der Waals surface area contributed by atoms with E-state index < -0.39 is 9.84 Å². The molecule has 1 unspecified atom stereocenters. The zero-order valence-electron chi connectivity index (χ0n) is 10.2. The maximum atomic E-state index is 11.5. The molecule has 4 nitrogen and oxygen atoms in total. The Morgan fingerprint density at radius 3 is 2.78 bits per heavy atom. The van der Waals surface area contributed by atoms with Crippen LogP contribution in [-0.2, 0) is 16.4 Å². The summed E-state index contributed by atoms with van der Waals surface area (Å²) in [4.78, 5) is 0. The Labute approximate surface area is 116 Å². The van der Waals surface area contributed by atoms with E-state index in [1.807, 2.05) is 25.1 Å². The van der Waals surface area contributed by atoms with E-state index >= 15 is 0 Å². The van der Waals surface area contributed by atoms with Gasteiger partial charge < -0.3 is 11.1 Å². The quantitative estimate of drug-likeness (QED) is 0.826. The van der Waals surface area contributed by atoms with Crippen molar-refractivity contribution in [2.24, 2.45) is 0 Å². The lowest BCUT2D eigenvalue weighted by atomic mass is 10.0. The van der Waals surface area contributed by atoms with Crippen LogP contribution in [0, 0.1) is 0 Å². The first-order chi connectivity index (χ1) is 8.30. The molecule has 1 aliphatic rings. The second-order valence-electron chi connectivity index (χ2n) is 5.11. The summed E-state index contributed by atoms with van der Waals surface area (Å²) in [7, 11) is -2.87. The minimum absolute atomic E-state index is 0.214. The average Bonchev–Trinajstić information content (AvgIpc) is 2.56. The number of sulfone groups is 1. The van der Waals surface area contributed by atoms with E-state index in [4.69, 9.17) is 5.73 Å². The van der Waals surface area contributed by atoms with E-state index in [1.165, 1.54) is 0 Å². The molecule has 1 aromatic rings.